The normalized spacial score (nSPS) is 11.1. The number of esters is 1. The number of carbonyl (C=O) groups excluding carboxylic acids is 1. The highest BCUT2D eigenvalue weighted by atomic mass is 32.2. The fourth-order valence-electron chi connectivity index (χ4n) is 2.77. The summed E-state index contributed by atoms with van der Waals surface area (Å²) in [7, 11) is 3.27. The first-order valence-electron chi connectivity index (χ1n) is 8.22. The molecule has 0 amide bonds. The molecule has 0 atom stereocenters. The van der Waals surface area contributed by atoms with Crippen molar-refractivity contribution in [3.8, 4) is 0 Å². The van der Waals surface area contributed by atoms with Crippen LogP contribution in [0.4, 0.5) is 0 Å². The third kappa shape index (κ3) is 3.52. The van der Waals surface area contributed by atoms with Crippen molar-refractivity contribution in [3.63, 3.8) is 0 Å². The number of hydrogen-bond acceptors (Lipinski definition) is 7. The van der Waals surface area contributed by atoms with Crippen LogP contribution in [0.25, 0.3) is 11.2 Å². The molecule has 3 rings (SSSR count). The summed E-state index contributed by atoms with van der Waals surface area (Å²) in [6.45, 7) is 0.225. The Balaban J connectivity index is 1.71. The molecule has 0 spiro atoms. The van der Waals surface area contributed by atoms with Crippen molar-refractivity contribution >= 4 is 28.9 Å². The number of pyridine rings is 1. The molecule has 0 saturated heterocycles. The maximum absolute atomic E-state index is 12.6. The summed E-state index contributed by atoms with van der Waals surface area (Å²) in [5, 5.41) is 0.592. The number of aromatic nitrogens is 5. The summed E-state index contributed by atoms with van der Waals surface area (Å²) in [5.41, 5.74) is 0.241. The zero-order valence-corrected chi connectivity index (χ0v) is 16.0. The molecule has 0 N–H and O–H groups in total. The molecule has 0 saturated carbocycles. The predicted octanol–water partition coefficient (Wildman–Crippen LogP) is 0.798. The first-order chi connectivity index (χ1) is 13.0. The van der Waals surface area contributed by atoms with Crippen molar-refractivity contribution in [3.05, 3.63) is 51.1 Å². The van der Waals surface area contributed by atoms with Crippen LogP contribution in [0.2, 0.25) is 0 Å². The maximum Gasteiger partial charge on any atom is 0.340 e. The molecule has 0 fully saturated rings. The molecular weight excluding hydrogens is 370 g/mol. The zero-order valence-electron chi connectivity index (χ0n) is 15.2. The van der Waals surface area contributed by atoms with E-state index in [1.807, 2.05) is 6.26 Å². The van der Waals surface area contributed by atoms with Crippen LogP contribution in [-0.2, 0) is 25.4 Å². The molecule has 3 aromatic heterocycles. The van der Waals surface area contributed by atoms with Crippen LogP contribution in [0.3, 0.4) is 0 Å². The molecule has 0 radical (unpaired) electrons. The van der Waals surface area contributed by atoms with Crippen LogP contribution in [-0.4, -0.2) is 42.5 Å². The Labute approximate surface area is 158 Å². The number of thioether (sulfide) groups is 1. The molecule has 0 unspecified atom stereocenters. The van der Waals surface area contributed by atoms with Gasteiger partial charge in [0.1, 0.15) is 5.03 Å². The Hall–Kier alpha value is -2.88. The Morgan fingerprint density at radius 1 is 1.26 bits per heavy atom. The molecular formula is C17H19N5O4S. The van der Waals surface area contributed by atoms with Gasteiger partial charge >= 0.3 is 11.7 Å². The molecule has 0 aliphatic heterocycles. The van der Waals surface area contributed by atoms with Gasteiger partial charge in [0, 0.05) is 26.8 Å². The number of aryl methyl sites for hydroxylation is 2. The molecule has 0 aliphatic carbocycles. The topological polar surface area (TPSA) is 101 Å². The van der Waals surface area contributed by atoms with Crippen molar-refractivity contribution in [2.75, 3.05) is 12.9 Å². The minimum atomic E-state index is -0.477. The fraction of sp³-hybridized carbons (Fsp3) is 0.353. The third-order valence-electron chi connectivity index (χ3n) is 4.14. The fourth-order valence-corrected chi connectivity index (χ4v) is 3.31. The Morgan fingerprint density at radius 3 is 2.78 bits per heavy atom. The van der Waals surface area contributed by atoms with Gasteiger partial charge in [0.25, 0.3) is 5.56 Å². The number of rotatable bonds is 6. The molecule has 10 heteroatoms. The lowest BCUT2D eigenvalue weighted by Crippen LogP contribution is -2.39. The van der Waals surface area contributed by atoms with Crippen molar-refractivity contribution in [2.45, 2.75) is 18.0 Å². The molecule has 142 valence electrons. The van der Waals surface area contributed by atoms with E-state index in [4.69, 9.17) is 4.74 Å². The van der Waals surface area contributed by atoms with Gasteiger partial charge in [0.05, 0.1) is 18.5 Å². The van der Waals surface area contributed by atoms with E-state index >= 15 is 0 Å². The monoisotopic (exact) mass is 389 g/mol. The van der Waals surface area contributed by atoms with E-state index in [9.17, 15) is 14.4 Å². The average molecular weight is 389 g/mol. The number of hydrogen-bond donors (Lipinski definition) is 0. The van der Waals surface area contributed by atoms with Crippen molar-refractivity contribution < 1.29 is 9.53 Å². The molecule has 9 nitrogen and oxygen atoms in total. The van der Waals surface area contributed by atoms with Crippen LogP contribution >= 0.6 is 11.8 Å². The first kappa shape index (κ1) is 18.9. The van der Waals surface area contributed by atoms with Gasteiger partial charge in [-0.05, 0) is 24.8 Å². The summed E-state index contributed by atoms with van der Waals surface area (Å²) in [4.78, 5) is 45.4. The lowest BCUT2D eigenvalue weighted by Gasteiger charge is -2.10. The van der Waals surface area contributed by atoms with Crippen molar-refractivity contribution in [1.29, 1.82) is 0 Å². The van der Waals surface area contributed by atoms with Gasteiger partial charge in [-0.3, -0.25) is 13.9 Å². The smallest absolute Gasteiger partial charge is 0.340 e. The highest BCUT2D eigenvalue weighted by Gasteiger charge is 2.16. The average Bonchev–Trinajstić information content (AvgIpc) is 3.07. The summed E-state index contributed by atoms with van der Waals surface area (Å²) in [5.74, 6) is -0.477. The quantitative estimate of drug-likeness (QED) is 0.349. The van der Waals surface area contributed by atoms with Crippen LogP contribution in [0.1, 0.15) is 16.8 Å². The Kier molecular flexibility index (Phi) is 5.45. The van der Waals surface area contributed by atoms with Gasteiger partial charge in [-0.25, -0.2) is 19.6 Å². The van der Waals surface area contributed by atoms with Crippen molar-refractivity contribution in [2.24, 2.45) is 14.1 Å². The van der Waals surface area contributed by atoms with Crippen LogP contribution < -0.4 is 11.2 Å². The summed E-state index contributed by atoms with van der Waals surface area (Å²) >= 11 is 1.36. The lowest BCUT2D eigenvalue weighted by atomic mass is 10.3. The van der Waals surface area contributed by atoms with Gasteiger partial charge in [-0.15, -0.1) is 11.8 Å². The second-order valence-electron chi connectivity index (χ2n) is 5.88. The van der Waals surface area contributed by atoms with Crippen LogP contribution in [0.15, 0.2) is 39.3 Å². The van der Waals surface area contributed by atoms with Gasteiger partial charge in [-0.2, -0.15) is 0 Å². The number of imidazole rings is 1. The van der Waals surface area contributed by atoms with Crippen LogP contribution in [0.5, 0.6) is 0 Å². The maximum atomic E-state index is 12.6. The second-order valence-corrected chi connectivity index (χ2v) is 6.67. The summed E-state index contributed by atoms with van der Waals surface area (Å²) < 4.78 is 9.32. The molecule has 0 aromatic carbocycles. The summed E-state index contributed by atoms with van der Waals surface area (Å²) in [6.07, 6.45) is 5.27. The molecule has 3 aromatic rings. The highest BCUT2D eigenvalue weighted by molar-refractivity contribution is 7.98. The number of ether oxygens (including phenoxy) is 1. The minimum Gasteiger partial charge on any atom is -0.462 e. The Bertz CT molecular complexity index is 1110. The second kappa shape index (κ2) is 7.78. The van der Waals surface area contributed by atoms with Crippen molar-refractivity contribution in [1.82, 2.24) is 23.7 Å². The lowest BCUT2D eigenvalue weighted by molar-refractivity contribution is 0.0490. The van der Waals surface area contributed by atoms with E-state index in [1.165, 1.54) is 22.7 Å². The Morgan fingerprint density at radius 2 is 2.04 bits per heavy atom. The first-order valence-corrected chi connectivity index (χ1v) is 9.45. The third-order valence-corrected chi connectivity index (χ3v) is 4.86. The minimum absolute atomic E-state index is 0.0839. The standard InChI is InChI=1S/C17H19N5O4S/c1-20-10-19-13-12(20)15(23)22(17(25)21(13)2)8-5-9-26-16(24)11-6-4-7-18-14(11)27-3/h4,6-7,10H,5,8-9H2,1-3H3. The highest BCUT2D eigenvalue weighted by Crippen LogP contribution is 2.17. The molecule has 27 heavy (non-hydrogen) atoms. The van der Waals surface area contributed by atoms with E-state index in [-0.39, 0.29) is 13.2 Å². The molecule has 0 bridgehead atoms. The largest absolute Gasteiger partial charge is 0.462 e. The summed E-state index contributed by atoms with van der Waals surface area (Å²) in [6, 6.07) is 3.32. The van der Waals surface area contributed by atoms with Gasteiger partial charge in [-0.1, -0.05) is 0 Å². The van der Waals surface area contributed by atoms with E-state index in [0.717, 1.165) is 4.57 Å². The van der Waals surface area contributed by atoms with E-state index in [1.54, 1.807) is 37.0 Å². The van der Waals surface area contributed by atoms with Gasteiger partial charge in [0.15, 0.2) is 11.2 Å². The van der Waals surface area contributed by atoms with E-state index in [0.29, 0.717) is 28.2 Å². The number of fused-ring (bicyclic) bond motifs is 1. The predicted molar refractivity (Wildman–Crippen MR) is 101 cm³/mol. The van der Waals surface area contributed by atoms with Gasteiger partial charge < -0.3 is 9.30 Å². The zero-order chi connectivity index (χ0) is 19.6. The van der Waals surface area contributed by atoms with Crippen LogP contribution in [0, 0.1) is 0 Å². The molecule has 0 aliphatic rings. The number of nitrogens with zero attached hydrogens (tertiary/aromatic N) is 5. The van der Waals surface area contributed by atoms with Gasteiger partial charge in [0.2, 0.25) is 0 Å². The number of carbonyl (C=O) groups is 1. The van der Waals surface area contributed by atoms with E-state index < -0.39 is 17.2 Å². The van der Waals surface area contributed by atoms with E-state index in [2.05, 4.69) is 9.97 Å². The molecule has 3 heterocycles. The SMILES string of the molecule is CSc1ncccc1C(=O)OCCCn1c(=O)c2c(ncn2C)n(C)c1=O.